The average Bonchev–Trinajstić information content (AvgIpc) is 2.53. The van der Waals surface area contributed by atoms with Gasteiger partial charge in [0.15, 0.2) is 0 Å². The molecular formula is C19H44BN3O. The highest BCUT2D eigenvalue weighted by Gasteiger charge is 2.19. The standard InChI is InChI=1S/C19H44BN3O/c1-6-14-22(15-7-2)18-19(23(16-8-3)17-9-4)12-10-11-13-21-20(5)24/h19,21,24H,6-18H2,1-5H3. The molecule has 1 unspecified atom stereocenters. The molecule has 0 aliphatic rings. The maximum Gasteiger partial charge on any atom is 0.373 e. The van der Waals surface area contributed by atoms with Crippen LogP contribution >= 0.6 is 0 Å². The van der Waals surface area contributed by atoms with E-state index in [4.69, 9.17) is 0 Å². The summed E-state index contributed by atoms with van der Waals surface area (Å²) in [6.45, 7) is 18.0. The largest absolute Gasteiger partial charge is 0.437 e. The number of nitrogens with zero attached hydrogens (tertiary/aromatic N) is 2. The van der Waals surface area contributed by atoms with E-state index in [1.807, 2.05) is 0 Å². The second-order valence-electron chi connectivity index (χ2n) is 7.12. The highest BCUT2D eigenvalue weighted by molar-refractivity contribution is 6.45. The summed E-state index contributed by atoms with van der Waals surface area (Å²) >= 11 is 0. The van der Waals surface area contributed by atoms with Gasteiger partial charge in [0.25, 0.3) is 0 Å². The molecule has 0 fully saturated rings. The first-order valence-electron chi connectivity index (χ1n) is 10.5. The highest BCUT2D eigenvalue weighted by atomic mass is 16.2. The summed E-state index contributed by atoms with van der Waals surface area (Å²) in [7, 11) is -0.387. The van der Waals surface area contributed by atoms with Gasteiger partial charge in [-0.25, -0.2) is 0 Å². The zero-order chi connectivity index (χ0) is 18.2. The zero-order valence-electron chi connectivity index (χ0n) is 17.2. The Kier molecular flexibility index (Phi) is 16.3. The normalized spacial score (nSPS) is 13.0. The van der Waals surface area contributed by atoms with Crippen LogP contribution in [0.1, 0.15) is 72.6 Å². The molecule has 0 rings (SSSR count). The Morgan fingerprint density at radius 3 is 1.88 bits per heavy atom. The summed E-state index contributed by atoms with van der Waals surface area (Å²) in [5.74, 6) is 0. The molecule has 5 heteroatoms. The van der Waals surface area contributed by atoms with Crippen LogP contribution in [0.3, 0.4) is 0 Å². The number of rotatable bonds is 17. The molecule has 0 bridgehead atoms. The molecule has 0 spiro atoms. The lowest BCUT2D eigenvalue weighted by molar-refractivity contribution is 0.128. The van der Waals surface area contributed by atoms with Crippen LogP contribution in [0, 0.1) is 0 Å². The summed E-state index contributed by atoms with van der Waals surface area (Å²) in [6.07, 6.45) is 8.61. The molecular weight excluding hydrogens is 297 g/mol. The number of hydrogen-bond acceptors (Lipinski definition) is 4. The summed E-state index contributed by atoms with van der Waals surface area (Å²) in [5.41, 5.74) is 0. The molecule has 2 N–H and O–H groups in total. The third-order valence-corrected chi connectivity index (χ3v) is 4.49. The van der Waals surface area contributed by atoms with Gasteiger partial charge in [-0.2, -0.15) is 0 Å². The molecule has 4 nitrogen and oxygen atoms in total. The van der Waals surface area contributed by atoms with Crippen molar-refractivity contribution in [3.8, 4) is 0 Å². The Hall–Kier alpha value is -0.0951. The molecule has 0 aliphatic heterocycles. The smallest absolute Gasteiger partial charge is 0.373 e. The quantitative estimate of drug-likeness (QED) is 0.314. The maximum atomic E-state index is 9.30. The SMILES string of the molecule is CCCN(CCC)CC(CCCCNB(C)O)N(CCC)CCC. The second kappa shape index (κ2) is 16.4. The minimum absolute atomic E-state index is 0.387. The molecule has 0 amide bonds. The van der Waals surface area contributed by atoms with E-state index < -0.39 is 0 Å². The molecule has 0 aromatic heterocycles. The molecule has 0 heterocycles. The molecule has 24 heavy (non-hydrogen) atoms. The predicted molar refractivity (Wildman–Crippen MR) is 109 cm³/mol. The fourth-order valence-electron chi connectivity index (χ4n) is 3.48. The summed E-state index contributed by atoms with van der Waals surface area (Å²) in [4.78, 5) is 5.39. The third kappa shape index (κ3) is 12.3. The van der Waals surface area contributed by atoms with Gasteiger partial charge in [-0.3, -0.25) is 4.90 Å². The van der Waals surface area contributed by atoms with Gasteiger partial charge in [0.05, 0.1) is 0 Å². The Morgan fingerprint density at radius 2 is 1.42 bits per heavy atom. The Morgan fingerprint density at radius 1 is 0.875 bits per heavy atom. The van der Waals surface area contributed by atoms with E-state index in [-0.39, 0.29) is 7.05 Å². The van der Waals surface area contributed by atoms with Gasteiger partial charge in [0.2, 0.25) is 0 Å². The molecule has 0 aliphatic carbocycles. The minimum atomic E-state index is -0.387. The second-order valence-corrected chi connectivity index (χ2v) is 7.12. The van der Waals surface area contributed by atoms with Crippen molar-refractivity contribution >= 4 is 7.05 Å². The van der Waals surface area contributed by atoms with Gasteiger partial charge in [-0.05, 0) is 78.1 Å². The minimum Gasteiger partial charge on any atom is -0.437 e. The monoisotopic (exact) mass is 341 g/mol. The first-order chi connectivity index (χ1) is 11.6. The van der Waals surface area contributed by atoms with E-state index in [0.29, 0.717) is 6.04 Å². The van der Waals surface area contributed by atoms with Crippen molar-refractivity contribution in [2.45, 2.75) is 85.5 Å². The van der Waals surface area contributed by atoms with Gasteiger partial charge in [-0.15, -0.1) is 0 Å². The maximum absolute atomic E-state index is 9.30. The van der Waals surface area contributed by atoms with E-state index in [0.717, 1.165) is 13.0 Å². The van der Waals surface area contributed by atoms with Crippen molar-refractivity contribution in [1.82, 2.24) is 15.0 Å². The van der Waals surface area contributed by atoms with Gasteiger partial charge in [-0.1, -0.05) is 34.1 Å². The molecule has 144 valence electrons. The average molecular weight is 341 g/mol. The van der Waals surface area contributed by atoms with Crippen LogP contribution in [0.5, 0.6) is 0 Å². The molecule has 0 saturated heterocycles. The summed E-state index contributed by atoms with van der Waals surface area (Å²) < 4.78 is 0. The lowest BCUT2D eigenvalue weighted by atomic mass is 9.89. The highest BCUT2D eigenvalue weighted by Crippen LogP contribution is 2.13. The van der Waals surface area contributed by atoms with Crippen molar-refractivity contribution in [3.63, 3.8) is 0 Å². The van der Waals surface area contributed by atoms with Crippen LogP contribution in [0.4, 0.5) is 0 Å². The van der Waals surface area contributed by atoms with Crippen LogP contribution in [-0.4, -0.2) is 67.2 Å². The fraction of sp³-hybridized carbons (Fsp3) is 1.00. The van der Waals surface area contributed by atoms with Crippen LogP contribution in [0.25, 0.3) is 0 Å². The number of nitrogens with one attached hydrogen (secondary N) is 1. The van der Waals surface area contributed by atoms with Gasteiger partial charge in [0.1, 0.15) is 0 Å². The molecule has 0 aromatic rings. The van der Waals surface area contributed by atoms with Crippen LogP contribution in [0.15, 0.2) is 0 Å². The van der Waals surface area contributed by atoms with E-state index in [1.165, 1.54) is 71.2 Å². The third-order valence-electron chi connectivity index (χ3n) is 4.49. The first kappa shape index (κ1) is 23.9. The van der Waals surface area contributed by atoms with E-state index in [9.17, 15) is 5.02 Å². The zero-order valence-corrected chi connectivity index (χ0v) is 17.2. The van der Waals surface area contributed by atoms with Gasteiger partial charge >= 0.3 is 7.05 Å². The van der Waals surface area contributed by atoms with E-state index in [1.54, 1.807) is 6.82 Å². The number of hydrogen-bond donors (Lipinski definition) is 2. The lowest BCUT2D eigenvalue weighted by Crippen LogP contribution is -2.45. The van der Waals surface area contributed by atoms with Gasteiger partial charge < -0.3 is 15.2 Å². The summed E-state index contributed by atoms with van der Waals surface area (Å²) in [5, 5.41) is 12.4. The molecule has 0 saturated carbocycles. The van der Waals surface area contributed by atoms with Crippen LogP contribution in [-0.2, 0) is 0 Å². The molecule has 0 radical (unpaired) electrons. The predicted octanol–water partition coefficient (Wildman–Crippen LogP) is 3.47. The topological polar surface area (TPSA) is 38.7 Å². The van der Waals surface area contributed by atoms with E-state index in [2.05, 4.69) is 42.7 Å². The summed E-state index contributed by atoms with van der Waals surface area (Å²) in [6, 6.07) is 0.676. The number of unbranched alkanes of at least 4 members (excludes halogenated alkanes) is 1. The van der Waals surface area contributed by atoms with Gasteiger partial charge in [0, 0.05) is 12.6 Å². The van der Waals surface area contributed by atoms with Crippen molar-refractivity contribution < 1.29 is 5.02 Å². The van der Waals surface area contributed by atoms with Crippen molar-refractivity contribution in [1.29, 1.82) is 0 Å². The van der Waals surface area contributed by atoms with E-state index >= 15 is 0 Å². The van der Waals surface area contributed by atoms with Crippen molar-refractivity contribution in [2.24, 2.45) is 0 Å². The first-order valence-corrected chi connectivity index (χ1v) is 10.5. The van der Waals surface area contributed by atoms with Crippen molar-refractivity contribution in [3.05, 3.63) is 0 Å². The Balaban J connectivity index is 4.59. The Labute approximate surface area is 152 Å². The van der Waals surface area contributed by atoms with Crippen molar-refractivity contribution in [2.75, 3.05) is 39.3 Å². The molecule has 0 aromatic carbocycles. The van der Waals surface area contributed by atoms with Crippen LogP contribution < -0.4 is 5.23 Å². The van der Waals surface area contributed by atoms with Crippen LogP contribution in [0.2, 0.25) is 6.82 Å². The lowest BCUT2D eigenvalue weighted by Gasteiger charge is -2.35. The fourth-order valence-corrected chi connectivity index (χ4v) is 3.48. The molecule has 1 atom stereocenters. The Bertz CT molecular complexity index is 255.